The number of hydrogen-bond donors (Lipinski definition) is 1. The summed E-state index contributed by atoms with van der Waals surface area (Å²) < 4.78 is 12.8. The Bertz CT molecular complexity index is 1030. The summed E-state index contributed by atoms with van der Waals surface area (Å²) in [5.41, 5.74) is 2.60. The predicted molar refractivity (Wildman–Crippen MR) is 95.6 cm³/mol. The third-order valence-corrected chi connectivity index (χ3v) is 5.15. The number of aliphatic carboxylic acids is 1. The summed E-state index contributed by atoms with van der Waals surface area (Å²) in [7, 11) is 0. The Kier molecular flexibility index (Phi) is 3.71. The zero-order chi connectivity index (χ0) is 18.4. The summed E-state index contributed by atoms with van der Waals surface area (Å²) in [6, 6.07) is 7.11. The minimum atomic E-state index is -0.774. The molecule has 2 aromatic heterocycles. The average molecular weight is 366 g/mol. The lowest BCUT2D eigenvalue weighted by Gasteiger charge is -2.21. The second kappa shape index (κ2) is 6.24. The standard InChI is InChI=1S/C19H18N4O4/c24-18(25)13-3-1-7-22(13)10-14-17(21-19-20-6-2-8-23(14)19)12-4-5-15-16(9-12)27-11-26-15/h2,4-6,8-9,13H,1,3,7,10-11H2,(H,24,25)/t13-/m1/s1. The lowest BCUT2D eigenvalue weighted by atomic mass is 10.1. The van der Waals surface area contributed by atoms with Crippen molar-refractivity contribution >= 4 is 11.7 Å². The Labute approximate surface area is 155 Å². The van der Waals surface area contributed by atoms with Gasteiger partial charge in [-0.25, -0.2) is 9.97 Å². The van der Waals surface area contributed by atoms with E-state index in [2.05, 4.69) is 4.98 Å². The van der Waals surface area contributed by atoms with Crippen LogP contribution in [0.25, 0.3) is 17.0 Å². The van der Waals surface area contributed by atoms with Gasteiger partial charge in [0.1, 0.15) is 6.04 Å². The van der Waals surface area contributed by atoms with E-state index in [9.17, 15) is 9.90 Å². The van der Waals surface area contributed by atoms with Gasteiger partial charge in [0.15, 0.2) is 11.5 Å². The maximum Gasteiger partial charge on any atom is 0.320 e. The summed E-state index contributed by atoms with van der Waals surface area (Å²) in [5, 5.41) is 9.51. The molecular weight excluding hydrogens is 348 g/mol. The third kappa shape index (κ3) is 2.69. The van der Waals surface area contributed by atoms with Crippen LogP contribution in [0.1, 0.15) is 18.5 Å². The molecule has 1 N–H and O–H groups in total. The quantitative estimate of drug-likeness (QED) is 0.757. The number of carboxylic acids is 1. The Balaban J connectivity index is 1.60. The Morgan fingerprint density at radius 3 is 3.07 bits per heavy atom. The Hall–Kier alpha value is -3.13. The molecule has 1 fully saturated rings. The van der Waals surface area contributed by atoms with E-state index in [4.69, 9.17) is 14.5 Å². The van der Waals surface area contributed by atoms with Crippen LogP contribution in [0.4, 0.5) is 0 Å². The fourth-order valence-corrected chi connectivity index (χ4v) is 3.85. The molecule has 4 heterocycles. The highest BCUT2D eigenvalue weighted by Crippen LogP contribution is 2.37. The number of benzene rings is 1. The second-order valence-electron chi connectivity index (χ2n) is 6.73. The first kappa shape index (κ1) is 16.1. The molecule has 0 amide bonds. The molecule has 8 heteroatoms. The summed E-state index contributed by atoms with van der Waals surface area (Å²) >= 11 is 0. The van der Waals surface area contributed by atoms with Crippen molar-refractivity contribution in [2.75, 3.05) is 13.3 Å². The maximum absolute atomic E-state index is 11.6. The first-order chi connectivity index (χ1) is 13.2. The summed E-state index contributed by atoms with van der Waals surface area (Å²) in [6.07, 6.45) is 5.16. The van der Waals surface area contributed by atoms with E-state index < -0.39 is 12.0 Å². The largest absolute Gasteiger partial charge is 0.480 e. The van der Waals surface area contributed by atoms with Crippen LogP contribution in [0.3, 0.4) is 0 Å². The summed E-state index contributed by atoms with van der Waals surface area (Å²) in [6.45, 7) is 1.46. The van der Waals surface area contributed by atoms with Crippen molar-refractivity contribution < 1.29 is 19.4 Å². The van der Waals surface area contributed by atoms with Crippen molar-refractivity contribution in [1.29, 1.82) is 0 Å². The third-order valence-electron chi connectivity index (χ3n) is 5.15. The second-order valence-corrected chi connectivity index (χ2v) is 6.73. The Morgan fingerprint density at radius 2 is 2.19 bits per heavy atom. The fourth-order valence-electron chi connectivity index (χ4n) is 3.85. The van der Waals surface area contributed by atoms with Crippen LogP contribution >= 0.6 is 0 Å². The first-order valence-electron chi connectivity index (χ1n) is 8.89. The number of likely N-dealkylation sites (tertiary alicyclic amines) is 1. The molecule has 0 aliphatic carbocycles. The summed E-state index contributed by atoms with van der Waals surface area (Å²) in [4.78, 5) is 22.6. The highest BCUT2D eigenvalue weighted by Gasteiger charge is 2.32. The molecule has 1 atom stereocenters. The maximum atomic E-state index is 11.6. The van der Waals surface area contributed by atoms with Crippen molar-refractivity contribution in [3.8, 4) is 22.8 Å². The van der Waals surface area contributed by atoms with Crippen molar-refractivity contribution in [2.24, 2.45) is 0 Å². The predicted octanol–water partition coefficient (Wildman–Crippen LogP) is 2.17. The number of nitrogens with zero attached hydrogens (tertiary/aromatic N) is 4. The van der Waals surface area contributed by atoms with Gasteiger partial charge in [-0.3, -0.25) is 14.1 Å². The van der Waals surface area contributed by atoms with E-state index >= 15 is 0 Å². The number of fused-ring (bicyclic) bond motifs is 2. The molecule has 5 rings (SSSR count). The van der Waals surface area contributed by atoms with Gasteiger partial charge in [-0.05, 0) is 43.7 Å². The molecule has 0 unspecified atom stereocenters. The highest BCUT2D eigenvalue weighted by molar-refractivity contribution is 5.74. The van der Waals surface area contributed by atoms with Gasteiger partial charge in [0.05, 0.1) is 11.4 Å². The molecule has 0 radical (unpaired) electrons. The highest BCUT2D eigenvalue weighted by atomic mass is 16.7. The SMILES string of the molecule is O=C(O)[C@H]1CCCN1Cc1c(-c2ccc3c(c2)OCO3)nc2ncccn12. The van der Waals surface area contributed by atoms with Crippen LogP contribution in [0.5, 0.6) is 11.5 Å². The van der Waals surface area contributed by atoms with Gasteiger partial charge in [0.25, 0.3) is 0 Å². The van der Waals surface area contributed by atoms with E-state index in [0.29, 0.717) is 30.2 Å². The molecule has 1 saturated heterocycles. The monoisotopic (exact) mass is 366 g/mol. The number of rotatable bonds is 4. The number of aromatic nitrogens is 3. The van der Waals surface area contributed by atoms with Crippen LogP contribution in [0, 0.1) is 0 Å². The molecule has 0 bridgehead atoms. The van der Waals surface area contributed by atoms with E-state index in [0.717, 1.165) is 29.9 Å². The van der Waals surface area contributed by atoms with E-state index in [1.165, 1.54) is 0 Å². The van der Waals surface area contributed by atoms with Gasteiger partial charge in [-0.15, -0.1) is 0 Å². The molecular formula is C19H18N4O4. The number of carboxylic acid groups (broad SMARTS) is 1. The van der Waals surface area contributed by atoms with Crippen LogP contribution in [0.2, 0.25) is 0 Å². The molecule has 0 spiro atoms. The molecule has 2 aliphatic heterocycles. The minimum Gasteiger partial charge on any atom is -0.480 e. The van der Waals surface area contributed by atoms with E-state index in [1.54, 1.807) is 6.20 Å². The first-order valence-corrected chi connectivity index (χ1v) is 8.89. The molecule has 3 aromatic rings. The van der Waals surface area contributed by atoms with Gasteiger partial charge < -0.3 is 14.6 Å². The van der Waals surface area contributed by atoms with E-state index in [1.807, 2.05) is 39.8 Å². The number of carbonyl (C=O) groups is 1. The molecule has 0 saturated carbocycles. The molecule has 27 heavy (non-hydrogen) atoms. The van der Waals surface area contributed by atoms with Crippen molar-refractivity contribution in [1.82, 2.24) is 19.3 Å². The van der Waals surface area contributed by atoms with Crippen LogP contribution in [-0.2, 0) is 11.3 Å². The zero-order valence-electron chi connectivity index (χ0n) is 14.5. The molecule has 8 nitrogen and oxygen atoms in total. The van der Waals surface area contributed by atoms with E-state index in [-0.39, 0.29) is 6.79 Å². The van der Waals surface area contributed by atoms with Gasteiger partial charge in [0.2, 0.25) is 12.6 Å². The van der Waals surface area contributed by atoms with Gasteiger partial charge in [-0.2, -0.15) is 0 Å². The number of ether oxygens (including phenoxy) is 2. The van der Waals surface area contributed by atoms with Crippen molar-refractivity contribution in [2.45, 2.75) is 25.4 Å². The average Bonchev–Trinajstić information content (AvgIpc) is 3.40. The van der Waals surface area contributed by atoms with Gasteiger partial charge >= 0.3 is 5.97 Å². The van der Waals surface area contributed by atoms with Crippen LogP contribution in [-0.4, -0.2) is 49.7 Å². The zero-order valence-corrected chi connectivity index (χ0v) is 14.5. The molecule has 2 aliphatic rings. The Morgan fingerprint density at radius 1 is 1.30 bits per heavy atom. The smallest absolute Gasteiger partial charge is 0.320 e. The topological polar surface area (TPSA) is 89.2 Å². The van der Waals surface area contributed by atoms with Gasteiger partial charge in [0, 0.05) is 24.5 Å². The minimum absolute atomic E-state index is 0.215. The number of hydrogen-bond acceptors (Lipinski definition) is 6. The van der Waals surface area contributed by atoms with Crippen molar-refractivity contribution in [3.05, 3.63) is 42.4 Å². The summed E-state index contributed by atoms with van der Waals surface area (Å²) in [5.74, 6) is 1.22. The molecule has 1 aromatic carbocycles. The van der Waals surface area contributed by atoms with Crippen LogP contribution in [0.15, 0.2) is 36.7 Å². The lowest BCUT2D eigenvalue weighted by molar-refractivity contribution is -0.142. The molecule has 138 valence electrons. The fraction of sp³-hybridized carbons (Fsp3) is 0.316. The van der Waals surface area contributed by atoms with Crippen LogP contribution < -0.4 is 9.47 Å². The lowest BCUT2D eigenvalue weighted by Crippen LogP contribution is -2.35. The van der Waals surface area contributed by atoms with Gasteiger partial charge in [-0.1, -0.05) is 0 Å². The normalized spacial score (nSPS) is 19.0. The van der Waals surface area contributed by atoms with Crippen molar-refractivity contribution in [3.63, 3.8) is 0 Å². The number of imidazole rings is 1.